The Hall–Kier alpha value is -1.43. The van der Waals surface area contributed by atoms with Gasteiger partial charge < -0.3 is 10.3 Å². The molecular weight excluding hydrogens is 184 g/mol. The van der Waals surface area contributed by atoms with Gasteiger partial charge in [0.1, 0.15) is 12.7 Å². The third kappa shape index (κ3) is 2.29. The third-order valence-electron chi connectivity index (χ3n) is 2.08. The van der Waals surface area contributed by atoms with Crippen molar-refractivity contribution in [3.05, 3.63) is 12.7 Å². The molecule has 0 spiro atoms. The van der Waals surface area contributed by atoms with Crippen molar-refractivity contribution >= 4 is 5.71 Å². The van der Waals surface area contributed by atoms with Crippen LogP contribution in [0.3, 0.4) is 0 Å². The van der Waals surface area contributed by atoms with E-state index in [9.17, 15) is 0 Å². The van der Waals surface area contributed by atoms with Gasteiger partial charge in [0.05, 0.1) is 18.9 Å². The lowest BCUT2D eigenvalue weighted by atomic mass is 9.88. The molecule has 2 N–H and O–H groups in total. The van der Waals surface area contributed by atoms with Gasteiger partial charge in [-0.05, 0) is 0 Å². The van der Waals surface area contributed by atoms with Crippen LogP contribution in [0.1, 0.15) is 13.8 Å². The number of nitrogens with zero attached hydrogens (tertiary/aromatic N) is 4. The molecule has 1 heterocycles. The fourth-order valence-corrected chi connectivity index (χ4v) is 0.940. The summed E-state index contributed by atoms with van der Waals surface area (Å²) in [6, 6.07) is 0. The molecule has 6 nitrogen and oxygen atoms in total. The molecule has 1 rings (SSSR count). The summed E-state index contributed by atoms with van der Waals surface area (Å²) < 4.78 is 1.53. The number of aliphatic hydroxyl groups excluding tert-OH is 1. The van der Waals surface area contributed by atoms with E-state index in [0.717, 1.165) is 0 Å². The lowest BCUT2D eigenvalue weighted by molar-refractivity contribution is 0.203. The van der Waals surface area contributed by atoms with Crippen molar-refractivity contribution in [2.75, 3.05) is 6.61 Å². The molecular formula is C8H14N4O2. The van der Waals surface area contributed by atoms with E-state index in [1.54, 1.807) is 13.8 Å². The summed E-state index contributed by atoms with van der Waals surface area (Å²) in [6.07, 6.45) is 2.93. The summed E-state index contributed by atoms with van der Waals surface area (Å²) >= 11 is 0. The van der Waals surface area contributed by atoms with E-state index in [1.165, 1.54) is 17.3 Å². The molecule has 14 heavy (non-hydrogen) atoms. The average Bonchev–Trinajstić information content (AvgIpc) is 2.66. The molecule has 0 radical (unpaired) electrons. The summed E-state index contributed by atoms with van der Waals surface area (Å²) in [5, 5.41) is 25.0. The Labute approximate surface area is 81.9 Å². The second kappa shape index (κ2) is 4.19. The van der Waals surface area contributed by atoms with Crippen molar-refractivity contribution in [3.63, 3.8) is 0 Å². The number of hydrogen-bond donors (Lipinski definition) is 2. The minimum absolute atomic E-state index is 0.0823. The number of hydrogen-bond acceptors (Lipinski definition) is 5. The molecule has 0 amide bonds. The molecule has 0 saturated carbocycles. The highest BCUT2D eigenvalue weighted by atomic mass is 16.4. The first-order valence-electron chi connectivity index (χ1n) is 4.25. The largest absolute Gasteiger partial charge is 0.411 e. The van der Waals surface area contributed by atoms with Crippen LogP contribution in [-0.2, 0) is 6.54 Å². The Morgan fingerprint density at radius 2 is 2.29 bits per heavy atom. The normalized spacial score (nSPS) is 13.2. The first kappa shape index (κ1) is 10.6. The Morgan fingerprint density at radius 3 is 2.71 bits per heavy atom. The number of aromatic nitrogens is 3. The molecule has 0 aromatic carbocycles. The van der Waals surface area contributed by atoms with Crippen molar-refractivity contribution in [2.24, 2.45) is 10.6 Å². The highest BCUT2D eigenvalue weighted by molar-refractivity contribution is 5.88. The predicted octanol–water partition coefficient (Wildman–Crippen LogP) is 0.127. The summed E-state index contributed by atoms with van der Waals surface area (Å²) in [7, 11) is 0. The molecule has 0 aliphatic carbocycles. The number of oxime groups is 1. The van der Waals surface area contributed by atoms with Crippen molar-refractivity contribution in [1.29, 1.82) is 0 Å². The summed E-state index contributed by atoms with van der Waals surface area (Å²) in [5.74, 6) is 0. The maximum atomic E-state index is 9.09. The standard InChI is InChI=1S/C8H14N4O2/c1-8(2,4-13)7(11-14)3-12-6-9-5-10-12/h5-6,13-14H,3-4H2,1-2H3. The van der Waals surface area contributed by atoms with Gasteiger partial charge in [0, 0.05) is 5.41 Å². The molecule has 1 aromatic heterocycles. The van der Waals surface area contributed by atoms with Crippen molar-refractivity contribution in [1.82, 2.24) is 14.8 Å². The summed E-state index contributed by atoms with van der Waals surface area (Å²) in [5.41, 5.74) is -0.0914. The zero-order valence-corrected chi connectivity index (χ0v) is 8.25. The lowest BCUT2D eigenvalue weighted by Crippen LogP contribution is -2.32. The van der Waals surface area contributed by atoms with Gasteiger partial charge >= 0.3 is 0 Å². The molecule has 0 unspecified atom stereocenters. The van der Waals surface area contributed by atoms with E-state index in [1.807, 2.05) is 0 Å². The molecule has 0 aliphatic heterocycles. The van der Waals surface area contributed by atoms with Gasteiger partial charge in [-0.15, -0.1) is 0 Å². The molecule has 0 fully saturated rings. The second-order valence-corrected chi connectivity index (χ2v) is 3.68. The van der Waals surface area contributed by atoms with Crippen molar-refractivity contribution in [2.45, 2.75) is 20.4 Å². The molecule has 1 aromatic rings. The van der Waals surface area contributed by atoms with E-state index in [0.29, 0.717) is 12.3 Å². The van der Waals surface area contributed by atoms with Crippen LogP contribution >= 0.6 is 0 Å². The predicted molar refractivity (Wildman–Crippen MR) is 50.1 cm³/mol. The zero-order valence-electron chi connectivity index (χ0n) is 8.25. The van der Waals surface area contributed by atoms with Crippen LogP contribution < -0.4 is 0 Å². The van der Waals surface area contributed by atoms with Gasteiger partial charge in [-0.1, -0.05) is 19.0 Å². The van der Waals surface area contributed by atoms with Crippen LogP contribution in [0.15, 0.2) is 17.8 Å². The third-order valence-corrected chi connectivity index (χ3v) is 2.08. The van der Waals surface area contributed by atoms with Crippen LogP contribution in [0.5, 0.6) is 0 Å². The van der Waals surface area contributed by atoms with Gasteiger partial charge in [-0.2, -0.15) is 5.10 Å². The average molecular weight is 198 g/mol. The van der Waals surface area contributed by atoms with Gasteiger partial charge in [0.2, 0.25) is 0 Å². The van der Waals surface area contributed by atoms with Crippen LogP contribution in [0.4, 0.5) is 0 Å². The SMILES string of the molecule is CC(C)(CO)C(Cn1cncn1)=NO. The number of aliphatic hydroxyl groups is 1. The molecule has 6 heteroatoms. The second-order valence-electron chi connectivity index (χ2n) is 3.68. The lowest BCUT2D eigenvalue weighted by Gasteiger charge is -2.22. The Balaban J connectivity index is 2.75. The molecule has 78 valence electrons. The van der Waals surface area contributed by atoms with Crippen LogP contribution in [0.25, 0.3) is 0 Å². The first-order valence-corrected chi connectivity index (χ1v) is 4.25. The minimum atomic E-state index is -0.555. The van der Waals surface area contributed by atoms with E-state index in [4.69, 9.17) is 10.3 Å². The fourth-order valence-electron chi connectivity index (χ4n) is 0.940. The van der Waals surface area contributed by atoms with Crippen LogP contribution in [0, 0.1) is 5.41 Å². The first-order chi connectivity index (χ1) is 6.60. The van der Waals surface area contributed by atoms with E-state index in [-0.39, 0.29) is 6.61 Å². The van der Waals surface area contributed by atoms with Gasteiger partial charge in [0.15, 0.2) is 0 Å². The molecule has 0 aliphatic rings. The van der Waals surface area contributed by atoms with Gasteiger partial charge in [-0.25, -0.2) is 9.67 Å². The number of rotatable bonds is 4. The van der Waals surface area contributed by atoms with Crippen LogP contribution in [0.2, 0.25) is 0 Å². The van der Waals surface area contributed by atoms with E-state index >= 15 is 0 Å². The van der Waals surface area contributed by atoms with E-state index < -0.39 is 5.41 Å². The smallest absolute Gasteiger partial charge is 0.137 e. The highest BCUT2D eigenvalue weighted by Gasteiger charge is 2.25. The Bertz CT molecular complexity index is 305. The molecule has 0 atom stereocenters. The van der Waals surface area contributed by atoms with Crippen molar-refractivity contribution in [3.8, 4) is 0 Å². The highest BCUT2D eigenvalue weighted by Crippen LogP contribution is 2.17. The topological polar surface area (TPSA) is 83.5 Å². The minimum Gasteiger partial charge on any atom is -0.411 e. The van der Waals surface area contributed by atoms with Crippen molar-refractivity contribution < 1.29 is 10.3 Å². The quantitative estimate of drug-likeness (QED) is 0.409. The van der Waals surface area contributed by atoms with Gasteiger partial charge in [-0.3, -0.25) is 0 Å². The summed E-state index contributed by atoms with van der Waals surface area (Å²) in [6.45, 7) is 3.82. The monoisotopic (exact) mass is 198 g/mol. The van der Waals surface area contributed by atoms with Gasteiger partial charge in [0.25, 0.3) is 0 Å². The molecule has 0 bridgehead atoms. The molecule has 0 saturated heterocycles. The maximum Gasteiger partial charge on any atom is 0.137 e. The zero-order chi connectivity index (χ0) is 10.6. The van der Waals surface area contributed by atoms with Crippen LogP contribution in [-0.4, -0.2) is 37.4 Å². The summed E-state index contributed by atoms with van der Waals surface area (Å²) in [4.78, 5) is 3.77. The Morgan fingerprint density at radius 1 is 1.57 bits per heavy atom. The maximum absolute atomic E-state index is 9.09. The Kier molecular flexibility index (Phi) is 3.19. The van der Waals surface area contributed by atoms with E-state index in [2.05, 4.69) is 15.2 Å². The fraction of sp³-hybridized carbons (Fsp3) is 0.625.